The summed E-state index contributed by atoms with van der Waals surface area (Å²) in [5, 5.41) is 3.48. The molecule has 274 valence electrons. The Morgan fingerprint density at radius 3 is 1.77 bits per heavy atom. The van der Waals surface area contributed by atoms with Crippen LogP contribution in [-0.2, 0) is 19.4 Å². The Bertz CT molecular complexity index is 2060. The standard InChI is InChI=1S/C29H31N3O2.C15H14O3.ClH/c1-3-4-5-29-31-28(20-32(29)24-9-6-21-16-17-30-19-23(21)18-24)22-7-10-26(11-8-22)34-27-14-12-25(33-2)13-15-27;1-11(16)12-3-5-14(6-4-12)18-15-9-7-13(17-2)8-10-15;/h6-15,18,20,30H,3-5,16-17,19H2,1-2H3;3-10H,1-2H3;1H. The van der Waals surface area contributed by atoms with Crippen molar-refractivity contribution in [1.82, 2.24) is 14.9 Å². The minimum absolute atomic E-state index is 0. The predicted octanol–water partition coefficient (Wildman–Crippen LogP) is 10.4. The average Bonchev–Trinajstić information content (AvgIpc) is 3.62. The number of aromatic nitrogens is 2. The first kappa shape index (κ1) is 38.7. The summed E-state index contributed by atoms with van der Waals surface area (Å²) in [6.45, 7) is 5.76. The van der Waals surface area contributed by atoms with Crippen LogP contribution in [0.2, 0.25) is 0 Å². The number of ether oxygens (including phenoxy) is 4. The monoisotopic (exact) mass is 731 g/mol. The first-order valence-corrected chi connectivity index (χ1v) is 17.7. The molecule has 0 aliphatic carbocycles. The van der Waals surface area contributed by atoms with Gasteiger partial charge < -0.3 is 28.8 Å². The van der Waals surface area contributed by atoms with Crippen LogP contribution in [0.25, 0.3) is 16.9 Å². The van der Waals surface area contributed by atoms with E-state index in [0.717, 1.165) is 84.6 Å². The molecular formula is C44H46ClN3O5. The molecule has 53 heavy (non-hydrogen) atoms. The lowest BCUT2D eigenvalue weighted by Gasteiger charge is -2.18. The topological polar surface area (TPSA) is 83.8 Å². The molecular weight excluding hydrogens is 686 g/mol. The largest absolute Gasteiger partial charge is 0.497 e. The molecule has 0 bridgehead atoms. The van der Waals surface area contributed by atoms with Gasteiger partial charge in [-0.1, -0.05) is 19.4 Å². The normalized spacial score (nSPS) is 11.6. The first-order chi connectivity index (χ1) is 25.4. The van der Waals surface area contributed by atoms with Gasteiger partial charge in [0.2, 0.25) is 0 Å². The Morgan fingerprint density at radius 2 is 1.25 bits per heavy atom. The number of carbonyl (C=O) groups is 1. The number of halogens is 1. The second-order valence-electron chi connectivity index (χ2n) is 12.6. The molecule has 5 aromatic carbocycles. The van der Waals surface area contributed by atoms with Crippen LogP contribution in [0.1, 0.15) is 54.0 Å². The second kappa shape index (κ2) is 18.8. The van der Waals surface area contributed by atoms with Crippen LogP contribution in [-0.4, -0.2) is 36.1 Å². The number of rotatable bonds is 12. The number of ketones is 1. The summed E-state index contributed by atoms with van der Waals surface area (Å²) in [6, 6.07) is 37.0. The average molecular weight is 732 g/mol. The predicted molar refractivity (Wildman–Crippen MR) is 213 cm³/mol. The fraction of sp³-hybridized carbons (Fsp3) is 0.227. The Hall–Kier alpha value is -5.57. The highest BCUT2D eigenvalue weighted by Crippen LogP contribution is 2.29. The van der Waals surface area contributed by atoms with Crippen LogP contribution < -0.4 is 24.3 Å². The van der Waals surface area contributed by atoms with Crippen molar-refractivity contribution in [3.63, 3.8) is 0 Å². The van der Waals surface area contributed by atoms with Crippen molar-refractivity contribution in [1.29, 1.82) is 0 Å². The van der Waals surface area contributed by atoms with Gasteiger partial charge in [0.05, 0.1) is 19.9 Å². The summed E-state index contributed by atoms with van der Waals surface area (Å²) in [6.07, 6.45) is 6.50. The van der Waals surface area contributed by atoms with Gasteiger partial charge in [0.1, 0.15) is 40.3 Å². The van der Waals surface area contributed by atoms with Crippen molar-refractivity contribution in [3.05, 3.63) is 144 Å². The number of Topliss-reactive ketones (excluding diaryl/α,β-unsaturated/α-hetero) is 1. The molecule has 0 spiro atoms. The van der Waals surface area contributed by atoms with Crippen molar-refractivity contribution in [2.45, 2.75) is 46.1 Å². The molecule has 0 radical (unpaired) electrons. The zero-order valence-corrected chi connectivity index (χ0v) is 31.5. The molecule has 2 heterocycles. The van der Waals surface area contributed by atoms with E-state index in [0.29, 0.717) is 11.3 Å². The number of aryl methyl sites for hydroxylation is 1. The Morgan fingerprint density at radius 1 is 0.717 bits per heavy atom. The Labute approximate surface area is 318 Å². The molecule has 8 nitrogen and oxygen atoms in total. The number of imidazole rings is 1. The maximum absolute atomic E-state index is 11.1. The number of hydrogen-bond donors (Lipinski definition) is 1. The van der Waals surface area contributed by atoms with Gasteiger partial charge >= 0.3 is 0 Å². The third-order valence-electron chi connectivity index (χ3n) is 8.89. The number of methoxy groups -OCH3 is 2. The minimum Gasteiger partial charge on any atom is -0.497 e. The number of nitrogens with one attached hydrogen (secondary N) is 1. The van der Waals surface area contributed by atoms with Gasteiger partial charge in [-0.15, -0.1) is 12.4 Å². The van der Waals surface area contributed by atoms with Crippen LogP contribution in [0.3, 0.4) is 0 Å². The number of fused-ring (bicyclic) bond motifs is 1. The molecule has 6 aromatic rings. The summed E-state index contributed by atoms with van der Waals surface area (Å²) in [5.41, 5.74) is 6.77. The third-order valence-corrected chi connectivity index (χ3v) is 8.89. The van der Waals surface area contributed by atoms with Crippen LogP contribution in [0.4, 0.5) is 0 Å². The Kier molecular flexibility index (Phi) is 13.7. The van der Waals surface area contributed by atoms with E-state index < -0.39 is 0 Å². The van der Waals surface area contributed by atoms with Crippen molar-refractivity contribution >= 4 is 18.2 Å². The lowest BCUT2D eigenvalue weighted by Crippen LogP contribution is -2.23. The maximum Gasteiger partial charge on any atom is 0.159 e. The zero-order chi connectivity index (χ0) is 36.3. The minimum atomic E-state index is 0. The molecule has 1 aliphatic rings. The maximum atomic E-state index is 11.1. The van der Waals surface area contributed by atoms with E-state index >= 15 is 0 Å². The summed E-state index contributed by atoms with van der Waals surface area (Å²) in [4.78, 5) is 16.2. The molecule has 1 N–H and O–H groups in total. The highest BCUT2D eigenvalue weighted by atomic mass is 35.5. The second-order valence-corrected chi connectivity index (χ2v) is 12.6. The van der Waals surface area contributed by atoms with Crippen LogP contribution in [0.15, 0.2) is 121 Å². The van der Waals surface area contributed by atoms with Crippen molar-refractivity contribution in [3.8, 4) is 51.4 Å². The van der Waals surface area contributed by atoms with Crippen molar-refractivity contribution in [2.24, 2.45) is 0 Å². The molecule has 0 amide bonds. The molecule has 1 aromatic heterocycles. The van der Waals surface area contributed by atoms with Gasteiger partial charge in [-0.2, -0.15) is 0 Å². The SMILES string of the molecule is CCCCc1nc(-c2ccc(Oc3ccc(OC)cc3)cc2)cn1-c1ccc2c(c1)CNCC2.COc1ccc(Oc2ccc(C(C)=O)cc2)cc1.Cl. The number of carbonyl (C=O) groups excluding carboxylic acids is 1. The fourth-order valence-electron chi connectivity index (χ4n) is 5.92. The van der Waals surface area contributed by atoms with Crippen molar-refractivity contribution < 1.29 is 23.7 Å². The molecule has 0 fully saturated rings. The van der Waals surface area contributed by atoms with Crippen LogP contribution in [0.5, 0.6) is 34.5 Å². The van der Waals surface area contributed by atoms with E-state index in [9.17, 15) is 4.79 Å². The van der Waals surface area contributed by atoms with Gasteiger partial charge in [-0.25, -0.2) is 4.98 Å². The van der Waals surface area contributed by atoms with E-state index in [1.165, 1.54) is 16.8 Å². The molecule has 0 saturated carbocycles. The summed E-state index contributed by atoms with van der Waals surface area (Å²) < 4.78 is 24.2. The lowest BCUT2D eigenvalue weighted by molar-refractivity contribution is 0.101. The van der Waals surface area contributed by atoms with Crippen LogP contribution in [0, 0.1) is 0 Å². The van der Waals surface area contributed by atoms with E-state index in [1.807, 2.05) is 60.7 Å². The highest BCUT2D eigenvalue weighted by molar-refractivity contribution is 5.94. The molecule has 0 saturated heterocycles. The zero-order valence-electron chi connectivity index (χ0n) is 30.6. The number of hydrogen-bond acceptors (Lipinski definition) is 7. The van der Waals surface area contributed by atoms with Gasteiger partial charge in [-0.3, -0.25) is 4.79 Å². The fourth-order valence-corrected chi connectivity index (χ4v) is 5.92. The Balaban J connectivity index is 0.000000242. The van der Waals surface area contributed by atoms with Crippen molar-refractivity contribution in [2.75, 3.05) is 20.8 Å². The van der Waals surface area contributed by atoms with Gasteiger partial charge in [0.15, 0.2) is 5.78 Å². The molecule has 0 atom stereocenters. The highest BCUT2D eigenvalue weighted by Gasteiger charge is 2.15. The first-order valence-electron chi connectivity index (χ1n) is 17.7. The van der Waals surface area contributed by atoms with Gasteiger partial charge in [0, 0.05) is 36.0 Å². The molecule has 1 aliphatic heterocycles. The lowest BCUT2D eigenvalue weighted by atomic mass is 10.0. The smallest absolute Gasteiger partial charge is 0.159 e. The number of unbranched alkanes of at least 4 members (excludes halogenated alkanes) is 1. The van der Waals surface area contributed by atoms with Gasteiger partial charge in [-0.05, 0) is 147 Å². The van der Waals surface area contributed by atoms with E-state index in [1.54, 1.807) is 45.4 Å². The molecule has 0 unspecified atom stereocenters. The number of nitrogens with zero attached hydrogens (tertiary/aromatic N) is 2. The molecule has 9 heteroatoms. The van der Waals surface area contributed by atoms with E-state index in [4.69, 9.17) is 23.9 Å². The quantitative estimate of drug-likeness (QED) is 0.125. The third kappa shape index (κ3) is 10.3. The summed E-state index contributed by atoms with van der Waals surface area (Å²) >= 11 is 0. The van der Waals surface area contributed by atoms with Gasteiger partial charge in [0.25, 0.3) is 0 Å². The van der Waals surface area contributed by atoms with E-state index in [-0.39, 0.29) is 18.2 Å². The summed E-state index contributed by atoms with van der Waals surface area (Å²) in [7, 11) is 3.28. The number of benzene rings is 5. The molecule has 7 rings (SSSR count). The van der Waals surface area contributed by atoms with Crippen LogP contribution >= 0.6 is 12.4 Å². The van der Waals surface area contributed by atoms with E-state index in [2.05, 4.69) is 53.3 Å². The summed E-state index contributed by atoms with van der Waals surface area (Å²) in [5.74, 6) is 5.76.